The number of carboxylic acid groups (broad SMARTS) is 1. The van der Waals surface area contributed by atoms with Gasteiger partial charge in [-0.1, -0.05) is 20.3 Å². The van der Waals surface area contributed by atoms with E-state index in [1.807, 2.05) is 0 Å². The molecule has 0 aliphatic carbocycles. The van der Waals surface area contributed by atoms with Crippen LogP contribution in [0.25, 0.3) is 0 Å². The summed E-state index contributed by atoms with van der Waals surface area (Å²) in [6.45, 7) is 3.49. The van der Waals surface area contributed by atoms with Crippen molar-refractivity contribution in [3.05, 3.63) is 11.2 Å². The summed E-state index contributed by atoms with van der Waals surface area (Å²) >= 11 is 0.671. The van der Waals surface area contributed by atoms with E-state index >= 15 is 0 Å². The SMILES string of the molecule is CCC(C)C(NS(=O)(=O)c1scnc1C(=O)O)C(=O)OC. The largest absolute Gasteiger partial charge is 0.476 e. The number of carbonyl (C=O) groups excluding carboxylic acids is 1. The van der Waals surface area contributed by atoms with Gasteiger partial charge in [-0.25, -0.2) is 18.2 Å². The maximum Gasteiger partial charge on any atom is 0.356 e. The Morgan fingerprint density at radius 1 is 1.52 bits per heavy atom. The highest BCUT2D eigenvalue weighted by atomic mass is 32.2. The van der Waals surface area contributed by atoms with Crippen LogP contribution in [0.5, 0.6) is 0 Å². The Morgan fingerprint density at radius 2 is 2.14 bits per heavy atom. The second-order valence-electron chi connectivity index (χ2n) is 4.30. The number of esters is 1. The molecule has 0 aliphatic heterocycles. The van der Waals surface area contributed by atoms with Gasteiger partial charge in [-0.05, 0) is 5.92 Å². The van der Waals surface area contributed by atoms with Crippen LogP contribution in [-0.4, -0.2) is 43.6 Å². The normalized spacial score (nSPS) is 14.4. The van der Waals surface area contributed by atoms with Crippen molar-refractivity contribution >= 4 is 33.3 Å². The lowest BCUT2D eigenvalue weighted by Gasteiger charge is -2.21. The number of nitrogens with zero attached hydrogens (tertiary/aromatic N) is 1. The van der Waals surface area contributed by atoms with Crippen LogP contribution in [-0.2, 0) is 19.6 Å². The molecule has 1 aromatic heterocycles. The summed E-state index contributed by atoms with van der Waals surface area (Å²) in [5.41, 5.74) is 0.550. The highest BCUT2D eigenvalue weighted by Crippen LogP contribution is 2.21. The van der Waals surface area contributed by atoms with Gasteiger partial charge in [0.25, 0.3) is 10.0 Å². The molecule has 21 heavy (non-hydrogen) atoms. The van der Waals surface area contributed by atoms with Crippen molar-refractivity contribution < 1.29 is 27.9 Å². The zero-order valence-electron chi connectivity index (χ0n) is 11.7. The van der Waals surface area contributed by atoms with Crippen LogP contribution >= 0.6 is 11.3 Å². The van der Waals surface area contributed by atoms with Crippen LogP contribution in [0.4, 0.5) is 0 Å². The number of thiazole rings is 1. The number of carbonyl (C=O) groups is 2. The summed E-state index contributed by atoms with van der Waals surface area (Å²) in [5.74, 6) is -2.49. The number of rotatable bonds is 7. The van der Waals surface area contributed by atoms with Gasteiger partial charge in [0.2, 0.25) is 0 Å². The molecule has 0 saturated heterocycles. The number of nitrogens with one attached hydrogen (secondary N) is 1. The first-order valence-electron chi connectivity index (χ1n) is 6.01. The Hall–Kier alpha value is -1.52. The van der Waals surface area contributed by atoms with Crippen LogP contribution in [0.1, 0.15) is 30.8 Å². The van der Waals surface area contributed by atoms with E-state index in [0.29, 0.717) is 17.8 Å². The van der Waals surface area contributed by atoms with E-state index in [0.717, 1.165) is 12.6 Å². The molecule has 8 nitrogen and oxygen atoms in total. The first-order chi connectivity index (χ1) is 9.74. The quantitative estimate of drug-likeness (QED) is 0.703. The average Bonchev–Trinajstić information content (AvgIpc) is 2.93. The summed E-state index contributed by atoms with van der Waals surface area (Å²) in [7, 11) is -3.02. The molecule has 0 aliphatic rings. The van der Waals surface area contributed by atoms with Gasteiger partial charge in [0.1, 0.15) is 6.04 Å². The Bertz CT molecular complexity index is 624. The molecule has 2 atom stereocenters. The molecular formula is C11H16N2O6S2. The van der Waals surface area contributed by atoms with Crippen LogP contribution in [0.3, 0.4) is 0 Å². The van der Waals surface area contributed by atoms with Crippen LogP contribution in [0.2, 0.25) is 0 Å². The van der Waals surface area contributed by atoms with Crippen molar-refractivity contribution in [2.24, 2.45) is 5.92 Å². The van der Waals surface area contributed by atoms with Crippen LogP contribution < -0.4 is 4.72 Å². The van der Waals surface area contributed by atoms with Crippen molar-refractivity contribution in [1.29, 1.82) is 0 Å². The molecule has 1 heterocycles. The number of aromatic nitrogens is 1. The minimum atomic E-state index is -4.18. The van der Waals surface area contributed by atoms with Crippen molar-refractivity contribution in [1.82, 2.24) is 9.71 Å². The van der Waals surface area contributed by atoms with Gasteiger partial charge < -0.3 is 9.84 Å². The topological polar surface area (TPSA) is 123 Å². The summed E-state index contributed by atoms with van der Waals surface area (Å²) in [5, 5.41) is 8.92. The monoisotopic (exact) mass is 336 g/mol. The van der Waals surface area contributed by atoms with Gasteiger partial charge >= 0.3 is 11.9 Å². The smallest absolute Gasteiger partial charge is 0.356 e. The maximum atomic E-state index is 12.3. The number of carboxylic acids is 1. The van der Waals surface area contributed by atoms with Gasteiger partial charge in [0.05, 0.1) is 12.6 Å². The summed E-state index contributed by atoms with van der Waals surface area (Å²) in [6, 6.07) is -1.09. The Kier molecular flexibility index (Phi) is 5.81. The van der Waals surface area contributed by atoms with E-state index in [1.165, 1.54) is 0 Å². The zero-order chi connectivity index (χ0) is 16.2. The molecule has 0 spiro atoms. The van der Waals surface area contributed by atoms with E-state index in [2.05, 4.69) is 14.4 Å². The molecule has 0 amide bonds. The lowest BCUT2D eigenvalue weighted by molar-refractivity contribution is -0.143. The molecule has 0 aromatic carbocycles. The number of hydrogen-bond acceptors (Lipinski definition) is 7. The molecule has 0 saturated carbocycles. The summed E-state index contributed by atoms with van der Waals surface area (Å²) in [6.07, 6.45) is 0.538. The molecular weight excluding hydrogens is 320 g/mol. The summed E-state index contributed by atoms with van der Waals surface area (Å²) in [4.78, 5) is 26.2. The Labute approximate surface area is 126 Å². The molecule has 0 radical (unpaired) electrons. The standard InChI is InChI=1S/C11H16N2O6S2/c1-4-6(2)7(10(16)19-3)13-21(17,18)11-8(9(14)15)12-5-20-11/h5-7,13H,4H2,1-3H3,(H,14,15). The lowest BCUT2D eigenvalue weighted by atomic mass is 10.0. The van der Waals surface area contributed by atoms with Crippen molar-refractivity contribution in [3.8, 4) is 0 Å². The van der Waals surface area contributed by atoms with E-state index < -0.39 is 37.9 Å². The predicted molar refractivity (Wildman–Crippen MR) is 74.7 cm³/mol. The molecule has 118 valence electrons. The van der Waals surface area contributed by atoms with Gasteiger partial charge in [-0.15, -0.1) is 11.3 Å². The molecule has 2 unspecified atom stereocenters. The molecule has 1 aromatic rings. The van der Waals surface area contributed by atoms with Crippen molar-refractivity contribution in [2.45, 2.75) is 30.5 Å². The van der Waals surface area contributed by atoms with Crippen molar-refractivity contribution in [3.63, 3.8) is 0 Å². The Balaban J connectivity index is 3.15. The number of hydrogen-bond donors (Lipinski definition) is 2. The zero-order valence-corrected chi connectivity index (χ0v) is 13.3. The van der Waals surface area contributed by atoms with E-state index in [-0.39, 0.29) is 5.92 Å². The fourth-order valence-corrected chi connectivity index (χ4v) is 4.00. The fraction of sp³-hybridized carbons (Fsp3) is 0.545. The maximum absolute atomic E-state index is 12.3. The van der Waals surface area contributed by atoms with Crippen molar-refractivity contribution in [2.75, 3.05) is 7.11 Å². The summed E-state index contributed by atoms with van der Waals surface area (Å²) < 4.78 is 30.9. The highest BCUT2D eigenvalue weighted by molar-refractivity contribution is 7.91. The second-order valence-corrected chi connectivity index (χ2v) is 7.07. The minimum absolute atomic E-state index is 0.312. The third kappa shape index (κ3) is 3.99. The number of aromatic carboxylic acids is 1. The van der Waals surface area contributed by atoms with Crippen LogP contribution in [0.15, 0.2) is 9.72 Å². The third-order valence-electron chi connectivity index (χ3n) is 2.93. The molecule has 0 fully saturated rings. The molecule has 2 N–H and O–H groups in total. The average molecular weight is 336 g/mol. The Morgan fingerprint density at radius 3 is 2.62 bits per heavy atom. The van der Waals surface area contributed by atoms with Gasteiger partial charge in [-0.2, -0.15) is 4.72 Å². The first kappa shape index (κ1) is 17.5. The van der Waals surface area contributed by atoms with Gasteiger partial charge in [-0.3, -0.25) is 4.79 Å². The highest BCUT2D eigenvalue weighted by Gasteiger charge is 2.33. The lowest BCUT2D eigenvalue weighted by Crippen LogP contribution is -2.45. The minimum Gasteiger partial charge on any atom is -0.476 e. The van der Waals surface area contributed by atoms with Gasteiger partial charge in [0, 0.05) is 0 Å². The number of ether oxygens (including phenoxy) is 1. The van der Waals surface area contributed by atoms with E-state index in [1.54, 1.807) is 13.8 Å². The molecule has 10 heteroatoms. The number of methoxy groups -OCH3 is 1. The predicted octanol–water partition coefficient (Wildman–Crippen LogP) is 0.707. The van der Waals surface area contributed by atoms with Crippen LogP contribution in [0, 0.1) is 5.92 Å². The fourth-order valence-electron chi connectivity index (χ4n) is 1.55. The molecule has 0 bridgehead atoms. The third-order valence-corrected chi connectivity index (χ3v) is 5.74. The van der Waals surface area contributed by atoms with E-state index in [9.17, 15) is 18.0 Å². The second kappa shape index (κ2) is 6.96. The van der Waals surface area contributed by atoms with E-state index in [4.69, 9.17) is 5.11 Å². The number of sulfonamides is 1. The molecule has 1 rings (SSSR count). The van der Waals surface area contributed by atoms with Gasteiger partial charge in [0.15, 0.2) is 9.90 Å². The first-order valence-corrected chi connectivity index (χ1v) is 8.37.